The zero-order chi connectivity index (χ0) is 14.1. The molecule has 0 saturated heterocycles. The van der Waals surface area contributed by atoms with E-state index in [4.69, 9.17) is 5.73 Å². The van der Waals surface area contributed by atoms with E-state index in [0.29, 0.717) is 11.3 Å². The van der Waals surface area contributed by atoms with Gasteiger partial charge in [0.2, 0.25) is 0 Å². The number of nitrogens with two attached hydrogens (primary N) is 1. The van der Waals surface area contributed by atoms with Crippen molar-refractivity contribution in [3.8, 4) is 0 Å². The molecule has 4 N–H and O–H groups in total. The summed E-state index contributed by atoms with van der Waals surface area (Å²) < 4.78 is 0. The van der Waals surface area contributed by atoms with Crippen molar-refractivity contribution < 1.29 is 4.79 Å². The minimum absolute atomic E-state index is 0.0919. The molecule has 3 rings (SSSR count). The van der Waals surface area contributed by atoms with Gasteiger partial charge in [-0.1, -0.05) is 18.2 Å². The summed E-state index contributed by atoms with van der Waals surface area (Å²) in [5.41, 5.74) is 10.8. The lowest BCUT2D eigenvalue weighted by molar-refractivity contribution is -0.110. The van der Waals surface area contributed by atoms with Gasteiger partial charge in [0.25, 0.3) is 5.91 Å². The lowest BCUT2D eigenvalue weighted by Crippen LogP contribution is -2.05. The number of anilines is 3. The SMILES string of the molecule is Cc1cccc2c1C(=CNc1cccc(N)c1)C(=O)N2. The van der Waals surface area contributed by atoms with Crippen molar-refractivity contribution in [2.75, 3.05) is 16.4 Å². The summed E-state index contributed by atoms with van der Waals surface area (Å²) >= 11 is 0. The predicted molar refractivity (Wildman–Crippen MR) is 82.3 cm³/mol. The molecule has 0 aliphatic carbocycles. The van der Waals surface area contributed by atoms with Gasteiger partial charge in [-0.05, 0) is 36.8 Å². The van der Waals surface area contributed by atoms with Crippen LogP contribution in [0, 0.1) is 6.92 Å². The van der Waals surface area contributed by atoms with Crippen LogP contribution in [0.15, 0.2) is 48.7 Å². The number of nitrogens with one attached hydrogen (secondary N) is 2. The van der Waals surface area contributed by atoms with Crippen LogP contribution >= 0.6 is 0 Å². The van der Waals surface area contributed by atoms with Gasteiger partial charge in [-0.25, -0.2) is 0 Å². The number of carbonyl (C=O) groups is 1. The van der Waals surface area contributed by atoms with E-state index in [1.54, 1.807) is 6.20 Å². The van der Waals surface area contributed by atoms with E-state index < -0.39 is 0 Å². The number of carbonyl (C=O) groups excluding carboxylic acids is 1. The molecule has 0 atom stereocenters. The summed E-state index contributed by atoms with van der Waals surface area (Å²) in [7, 11) is 0. The van der Waals surface area contributed by atoms with Gasteiger partial charge in [0.1, 0.15) is 0 Å². The van der Waals surface area contributed by atoms with Crippen LogP contribution in [-0.4, -0.2) is 5.91 Å². The Morgan fingerprint density at radius 3 is 2.80 bits per heavy atom. The van der Waals surface area contributed by atoms with Gasteiger partial charge in [0.05, 0.1) is 5.57 Å². The summed E-state index contributed by atoms with van der Waals surface area (Å²) in [4.78, 5) is 12.0. The van der Waals surface area contributed by atoms with E-state index in [1.807, 2.05) is 49.4 Å². The normalized spacial score (nSPS) is 15.1. The highest BCUT2D eigenvalue weighted by molar-refractivity contribution is 6.32. The van der Waals surface area contributed by atoms with Crippen LogP contribution < -0.4 is 16.4 Å². The van der Waals surface area contributed by atoms with E-state index in [9.17, 15) is 4.79 Å². The Hall–Kier alpha value is -2.75. The van der Waals surface area contributed by atoms with Crippen LogP contribution in [0.4, 0.5) is 17.1 Å². The van der Waals surface area contributed by atoms with Crippen molar-refractivity contribution >= 4 is 28.5 Å². The molecule has 0 radical (unpaired) electrons. The largest absolute Gasteiger partial charge is 0.399 e. The average molecular weight is 265 g/mol. The number of nitrogen functional groups attached to an aromatic ring is 1. The first-order valence-corrected chi connectivity index (χ1v) is 6.39. The van der Waals surface area contributed by atoms with Gasteiger partial charge in [-0.3, -0.25) is 4.79 Å². The maximum atomic E-state index is 12.0. The number of benzene rings is 2. The number of fused-ring (bicyclic) bond motifs is 1. The van der Waals surface area contributed by atoms with Gasteiger partial charge in [-0.2, -0.15) is 0 Å². The van der Waals surface area contributed by atoms with Crippen molar-refractivity contribution in [1.82, 2.24) is 0 Å². The molecular formula is C16H15N3O. The van der Waals surface area contributed by atoms with Gasteiger partial charge in [0, 0.05) is 28.8 Å². The van der Waals surface area contributed by atoms with Crippen molar-refractivity contribution in [3.05, 3.63) is 59.8 Å². The van der Waals surface area contributed by atoms with Gasteiger partial charge >= 0.3 is 0 Å². The second-order valence-corrected chi connectivity index (χ2v) is 4.78. The number of hydrogen-bond acceptors (Lipinski definition) is 3. The molecular weight excluding hydrogens is 250 g/mol. The minimum Gasteiger partial charge on any atom is -0.399 e. The lowest BCUT2D eigenvalue weighted by atomic mass is 10.0. The summed E-state index contributed by atoms with van der Waals surface area (Å²) in [5.74, 6) is -0.0919. The highest BCUT2D eigenvalue weighted by atomic mass is 16.2. The maximum Gasteiger partial charge on any atom is 0.257 e. The number of hydrogen-bond donors (Lipinski definition) is 3. The van der Waals surface area contributed by atoms with E-state index in [2.05, 4.69) is 10.6 Å². The summed E-state index contributed by atoms with van der Waals surface area (Å²) in [6, 6.07) is 13.2. The molecule has 0 aromatic heterocycles. The first-order valence-electron chi connectivity index (χ1n) is 6.39. The fourth-order valence-corrected chi connectivity index (χ4v) is 2.35. The Morgan fingerprint density at radius 2 is 2.00 bits per heavy atom. The highest BCUT2D eigenvalue weighted by Crippen LogP contribution is 2.34. The molecule has 0 spiro atoms. The number of aryl methyl sites for hydroxylation is 1. The van der Waals surface area contributed by atoms with Crippen LogP contribution in [-0.2, 0) is 4.79 Å². The van der Waals surface area contributed by atoms with Gasteiger partial charge in [-0.15, -0.1) is 0 Å². The summed E-state index contributed by atoms with van der Waals surface area (Å²) in [6.07, 6.45) is 1.73. The number of rotatable bonds is 2. The second kappa shape index (κ2) is 4.74. The first kappa shape index (κ1) is 12.3. The Kier molecular flexibility index (Phi) is 2.91. The molecule has 1 heterocycles. The third-order valence-corrected chi connectivity index (χ3v) is 3.30. The van der Waals surface area contributed by atoms with Gasteiger partial charge < -0.3 is 16.4 Å². The molecule has 0 bridgehead atoms. The topological polar surface area (TPSA) is 67.1 Å². The molecule has 2 aromatic rings. The fourth-order valence-electron chi connectivity index (χ4n) is 2.35. The molecule has 4 heteroatoms. The van der Waals surface area contributed by atoms with E-state index >= 15 is 0 Å². The third kappa shape index (κ3) is 2.12. The maximum absolute atomic E-state index is 12.0. The smallest absolute Gasteiger partial charge is 0.257 e. The average Bonchev–Trinajstić information content (AvgIpc) is 2.74. The van der Waals surface area contributed by atoms with Crippen LogP contribution in [0.2, 0.25) is 0 Å². The fraction of sp³-hybridized carbons (Fsp3) is 0.0625. The van der Waals surface area contributed by atoms with E-state index in [-0.39, 0.29) is 5.91 Å². The van der Waals surface area contributed by atoms with Crippen LogP contribution in [0.3, 0.4) is 0 Å². The Labute approximate surface area is 117 Å². The molecule has 4 nitrogen and oxygen atoms in total. The van der Waals surface area contributed by atoms with Crippen molar-refractivity contribution in [2.24, 2.45) is 0 Å². The minimum atomic E-state index is -0.0919. The highest BCUT2D eigenvalue weighted by Gasteiger charge is 2.25. The zero-order valence-electron chi connectivity index (χ0n) is 11.1. The second-order valence-electron chi connectivity index (χ2n) is 4.78. The zero-order valence-corrected chi connectivity index (χ0v) is 11.1. The van der Waals surface area contributed by atoms with Crippen molar-refractivity contribution in [1.29, 1.82) is 0 Å². The molecule has 0 unspecified atom stereocenters. The molecule has 0 saturated carbocycles. The molecule has 100 valence electrons. The summed E-state index contributed by atoms with van der Waals surface area (Å²) in [5, 5.41) is 5.99. The quantitative estimate of drug-likeness (QED) is 0.577. The predicted octanol–water partition coefficient (Wildman–Crippen LogP) is 2.98. The summed E-state index contributed by atoms with van der Waals surface area (Å²) in [6.45, 7) is 1.99. The molecule has 2 aromatic carbocycles. The van der Waals surface area contributed by atoms with Crippen molar-refractivity contribution in [3.63, 3.8) is 0 Å². The molecule has 0 fully saturated rings. The van der Waals surface area contributed by atoms with Crippen LogP contribution in [0.5, 0.6) is 0 Å². The van der Waals surface area contributed by atoms with E-state index in [1.165, 1.54) is 0 Å². The molecule has 1 amide bonds. The monoisotopic (exact) mass is 265 g/mol. The lowest BCUT2D eigenvalue weighted by Gasteiger charge is -2.05. The van der Waals surface area contributed by atoms with Crippen molar-refractivity contribution in [2.45, 2.75) is 6.92 Å². The van der Waals surface area contributed by atoms with Gasteiger partial charge in [0.15, 0.2) is 0 Å². The Balaban J connectivity index is 1.95. The van der Waals surface area contributed by atoms with Crippen LogP contribution in [0.25, 0.3) is 5.57 Å². The van der Waals surface area contributed by atoms with Crippen LogP contribution in [0.1, 0.15) is 11.1 Å². The first-order chi connectivity index (χ1) is 9.65. The standard InChI is InChI=1S/C16H15N3O/c1-10-4-2-7-14-15(10)13(16(20)19-14)9-18-12-6-3-5-11(17)8-12/h2-9,18H,17H2,1H3,(H,19,20). The van der Waals surface area contributed by atoms with E-state index in [0.717, 1.165) is 22.5 Å². The molecule has 20 heavy (non-hydrogen) atoms. The molecule has 1 aliphatic rings. The Morgan fingerprint density at radius 1 is 1.20 bits per heavy atom. The third-order valence-electron chi connectivity index (χ3n) is 3.30. The number of amides is 1. The molecule has 1 aliphatic heterocycles. The Bertz CT molecular complexity index is 719.